The van der Waals surface area contributed by atoms with Gasteiger partial charge in [0.15, 0.2) is 0 Å². The van der Waals surface area contributed by atoms with Crippen molar-refractivity contribution in [3.05, 3.63) is 65.0 Å². The number of halogens is 1. The Labute approximate surface area is 121 Å². The molecule has 106 valence electrons. The highest BCUT2D eigenvalue weighted by Crippen LogP contribution is 2.34. The molecule has 3 nitrogen and oxygen atoms in total. The molecule has 0 bridgehead atoms. The first-order chi connectivity index (χ1) is 10.2. The van der Waals surface area contributed by atoms with Crippen LogP contribution in [0.1, 0.15) is 11.1 Å². The molecule has 0 saturated heterocycles. The van der Waals surface area contributed by atoms with Crippen LogP contribution in [0.25, 0.3) is 6.08 Å². The van der Waals surface area contributed by atoms with E-state index in [1.807, 2.05) is 24.3 Å². The van der Waals surface area contributed by atoms with Crippen molar-refractivity contribution < 1.29 is 18.7 Å². The van der Waals surface area contributed by atoms with Gasteiger partial charge in [0.2, 0.25) is 0 Å². The molecule has 2 aromatic rings. The number of ether oxygens (including phenoxy) is 2. The number of carbonyl (C=O) groups is 1. The summed E-state index contributed by atoms with van der Waals surface area (Å²) in [6.45, 7) is 0. The lowest BCUT2D eigenvalue weighted by Gasteiger charge is -2.17. The molecule has 0 fully saturated rings. The minimum atomic E-state index is -0.429. The van der Waals surface area contributed by atoms with Gasteiger partial charge in [-0.1, -0.05) is 18.2 Å². The molecule has 1 heterocycles. The van der Waals surface area contributed by atoms with Crippen molar-refractivity contribution in [2.75, 3.05) is 7.11 Å². The molecule has 0 radical (unpaired) electrons. The van der Waals surface area contributed by atoms with Crippen LogP contribution in [0.3, 0.4) is 0 Å². The third kappa shape index (κ3) is 2.65. The predicted molar refractivity (Wildman–Crippen MR) is 76.6 cm³/mol. The third-order valence-corrected chi connectivity index (χ3v) is 3.32. The number of carbonyl (C=O) groups excluding carboxylic acids is 1. The highest BCUT2D eigenvalue weighted by molar-refractivity contribution is 5.95. The van der Waals surface area contributed by atoms with E-state index in [1.54, 1.807) is 12.1 Å². The smallest absolute Gasteiger partial charge is 0.334 e. The summed E-state index contributed by atoms with van der Waals surface area (Å²) in [5, 5.41) is 0. The summed E-state index contributed by atoms with van der Waals surface area (Å²) in [6, 6.07) is 11.7. The fourth-order valence-electron chi connectivity index (χ4n) is 2.30. The summed E-state index contributed by atoms with van der Waals surface area (Å²) in [4.78, 5) is 11.9. The summed E-state index contributed by atoms with van der Waals surface area (Å²) in [7, 11) is 1.33. The summed E-state index contributed by atoms with van der Waals surface area (Å²) in [5.41, 5.74) is 1.86. The second kappa shape index (κ2) is 5.40. The number of para-hydroxylation sites is 1. The molecule has 0 atom stereocenters. The molecule has 0 amide bonds. The van der Waals surface area contributed by atoms with Gasteiger partial charge in [0, 0.05) is 17.6 Å². The van der Waals surface area contributed by atoms with Crippen LogP contribution in [0.2, 0.25) is 0 Å². The van der Waals surface area contributed by atoms with Crippen LogP contribution in [-0.4, -0.2) is 13.1 Å². The Kier molecular flexibility index (Phi) is 3.44. The Morgan fingerprint density at radius 1 is 1.19 bits per heavy atom. The number of esters is 1. The van der Waals surface area contributed by atoms with Gasteiger partial charge < -0.3 is 9.47 Å². The van der Waals surface area contributed by atoms with Crippen molar-refractivity contribution in [1.82, 2.24) is 0 Å². The van der Waals surface area contributed by atoms with Crippen LogP contribution in [0, 0.1) is 5.82 Å². The number of benzene rings is 2. The van der Waals surface area contributed by atoms with Crippen LogP contribution >= 0.6 is 0 Å². The fourth-order valence-corrected chi connectivity index (χ4v) is 2.30. The Hall–Kier alpha value is -2.62. The average Bonchev–Trinajstić information content (AvgIpc) is 2.47. The standard InChI is InChI=1S/C17H13FO3/c1-20-17(19)13-8-11-4-2-3-5-15(11)21-16-7-6-14(18)10-12(16)9-13/h2-7,9-10H,8H2,1H3/b13-9+. The minimum absolute atomic E-state index is 0.374. The van der Waals surface area contributed by atoms with Crippen LogP contribution in [0.15, 0.2) is 48.0 Å². The van der Waals surface area contributed by atoms with Crippen molar-refractivity contribution in [1.29, 1.82) is 0 Å². The first kappa shape index (κ1) is 13.4. The van der Waals surface area contributed by atoms with E-state index in [-0.39, 0.29) is 5.82 Å². The Morgan fingerprint density at radius 3 is 2.81 bits per heavy atom. The van der Waals surface area contributed by atoms with Crippen molar-refractivity contribution in [3.63, 3.8) is 0 Å². The molecule has 0 spiro atoms. The molecular weight excluding hydrogens is 271 g/mol. The molecule has 2 aromatic carbocycles. The molecule has 1 aliphatic heterocycles. The van der Waals surface area contributed by atoms with E-state index in [0.717, 1.165) is 5.56 Å². The van der Waals surface area contributed by atoms with Crippen molar-refractivity contribution in [2.45, 2.75) is 6.42 Å². The number of methoxy groups -OCH3 is 1. The zero-order chi connectivity index (χ0) is 14.8. The summed E-state index contributed by atoms with van der Waals surface area (Å²) >= 11 is 0. The van der Waals surface area contributed by atoms with Crippen LogP contribution < -0.4 is 4.74 Å². The predicted octanol–water partition coefficient (Wildman–Crippen LogP) is 3.73. The fraction of sp³-hybridized carbons (Fsp3) is 0.118. The van der Waals surface area contributed by atoms with E-state index in [2.05, 4.69) is 0 Å². The normalized spacial score (nSPS) is 15.4. The monoisotopic (exact) mass is 284 g/mol. The van der Waals surface area contributed by atoms with Gasteiger partial charge in [-0.3, -0.25) is 0 Å². The lowest BCUT2D eigenvalue weighted by atomic mass is 10.00. The zero-order valence-electron chi connectivity index (χ0n) is 11.4. The SMILES string of the molecule is COC(=O)/C1=C/c2cc(F)ccc2Oc2ccccc2C1. The van der Waals surface area contributed by atoms with Gasteiger partial charge in [-0.15, -0.1) is 0 Å². The van der Waals surface area contributed by atoms with E-state index in [0.29, 0.717) is 29.1 Å². The molecular formula is C17H13FO3. The highest BCUT2D eigenvalue weighted by atomic mass is 19.1. The molecule has 1 aliphatic rings. The van der Waals surface area contributed by atoms with Gasteiger partial charge in [-0.2, -0.15) is 0 Å². The zero-order valence-corrected chi connectivity index (χ0v) is 11.4. The summed E-state index contributed by atoms with van der Waals surface area (Å²) in [5.74, 6) is 0.346. The van der Waals surface area contributed by atoms with Crippen molar-refractivity contribution in [2.24, 2.45) is 0 Å². The van der Waals surface area contributed by atoms with Gasteiger partial charge in [0.1, 0.15) is 17.3 Å². The Balaban J connectivity index is 2.18. The Morgan fingerprint density at radius 2 is 2.00 bits per heavy atom. The lowest BCUT2D eigenvalue weighted by Crippen LogP contribution is -2.09. The maximum atomic E-state index is 13.4. The first-order valence-electron chi connectivity index (χ1n) is 6.51. The topological polar surface area (TPSA) is 35.5 Å². The van der Waals surface area contributed by atoms with Crippen molar-refractivity contribution >= 4 is 12.0 Å². The van der Waals surface area contributed by atoms with E-state index in [4.69, 9.17) is 9.47 Å². The average molecular weight is 284 g/mol. The second-order valence-corrected chi connectivity index (χ2v) is 4.73. The maximum absolute atomic E-state index is 13.4. The van der Waals surface area contributed by atoms with E-state index in [1.165, 1.54) is 19.2 Å². The van der Waals surface area contributed by atoms with Gasteiger partial charge in [-0.25, -0.2) is 9.18 Å². The Bertz CT molecular complexity index is 735. The van der Waals surface area contributed by atoms with Crippen LogP contribution in [0.4, 0.5) is 4.39 Å². The number of hydrogen-bond acceptors (Lipinski definition) is 3. The van der Waals surface area contributed by atoms with E-state index in [9.17, 15) is 9.18 Å². The summed E-state index contributed by atoms with van der Waals surface area (Å²) < 4.78 is 24.1. The molecule has 0 saturated carbocycles. The molecule has 4 heteroatoms. The van der Waals surface area contributed by atoms with E-state index < -0.39 is 5.97 Å². The highest BCUT2D eigenvalue weighted by Gasteiger charge is 2.18. The molecule has 0 aromatic heterocycles. The maximum Gasteiger partial charge on any atom is 0.334 e. The molecule has 0 aliphatic carbocycles. The van der Waals surface area contributed by atoms with Crippen molar-refractivity contribution in [3.8, 4) is 11.5 Å². The lowest BCUT2D eigenvalue weighted by molar-refractivity contribution is -0.136. The van der Waals surface area contributed by atoms with Crippen LogP contribution in [-0.2, 0) is 16.0 Å². The van der Waals surface area contributed by atoms with Gasteiger partial charge in [-0.05, 0) is 35.9 Å². The van der Waals surface area contributed by atoms with Gasteiger partial charge in [0.05, 0.1) is 7.11 Å². The molecule has 0 unspecified atom stereocenters. The quantitative estimate of drug-likeness (QED) is 0.748. The number of hydrogen-bond donors (Lipinski definition) is 0. The number of rotatable bonds is 1. The summed E-state index contributed by atoms with van der Waals surface area (Å²) in [6.07, 6.45) is 1.99. The first-order valence-corrected chi connectivity index (χ1v) is 6.51. The molecule has 0 N–H and O–H groups in total. The third-order valence-electron chi connectivity index (χ3n) is 3.32. The molecule has 3 rings (SSSR count). The molecule has 21 heavy (non-hydrogen) atoms. The van der Waals surface area contributed by atoms with E-state index >= 15 is 0 Å². The minimum Gasteiger partial charge on any atom is -0.466 e. The van der Waals surface area contributed by atoms with Gasteiger partial charge in [0.25, 0.3) is 0 Å². The van der Waals surface area contributed by atoms with Gasteiger partial charge >= 0.3 is 5.97 Å². The second-order valence-electron chi connectivity index (χ2n) is 4.73. The largest absolute Gasteiger partial charge is 0.466 e. The number of fused-ring (bicyclic) bond motifs is 2. The van der Waals surface area contributed by atoms with Crippen LogP contribution in [0.5, 0.6) is 11.5 Å².